The maximum absolute atomic E-state index is 11.3. The lowest BCUT2D eigenvalue weighted by Gasteiger charge is -2.34. The molecule has 0 aromatic carbocycles. The molecule has 1 aliphatic heterocycles. The highest BCUT2D eigenvalue weighted by Gasteiger charge is 2.50. The summed E-state index contributed by atoms with van der Waals surface area (Å²) >= 11 is 0. The summed E-state index contributed by atoms with van der Waals surface area (Å²) in [6.45, 7) is 1.68. The summed E-state index contributed by atoms with van der Waals surface area (Å²) in [5, 5.41) is 11.9. The van der Waals surface area contributed by atoms with Gasteiger partial charge in [-0.25, -0.2) is 4.79 Å². The minimum atomic E-state index is -0.190. The third-order valence-corrected chi connectivity index (χ3v) is 2.77. The zero-order valence-electron chi connectivity index (χ0n) is 7.05. The molecule has 2 rings (SSSR count). The van der Waals surface area contributed by atoms with E-state index < -0.39 is 0 Å². The van der Waals surface area contributed by atoms with Gasteiger partial charge in [-0.3, -0.25) is 0 Å². The third-order valence-electron chi connectivity index (χ3n) is 2.77. The van der Waals surface area contributed by atoms with Gasteiger partial charge in [0.1, 0.15) is 0 Å². The monoisotopic (exact) mass is 170 g/mol. The highest BCUT2D eigenvalue weighted by atomic mass is 16.3. The Morgan fingerprint density at radius 2 is 2.33 bits per heavy atom. The van der Waals surface area contributed by atoms with E-state index in [0.717, 1.165) is 32.4 Å². The molecule has 68 valence electrons. The molecule has 4 nitrogen and oxygen atoms in total. The molecule has 1 saturated heterocycles. The fourth-order valence-corrected chi connectivity index (χ4v) is 1.74. The molecular weight excluding hydrogens is 156 g/mol. The molecule has 0 aromatic rings. The van der Waals surface area contributed by atoms with Crippen LogP contribution in [-0.2, 0) is 0 Å². The first kappa shape index (κ1) is 7.86. The number of aliphatic hydroxyl groups is 1. The molecule has 2 N–H and O–H groups in total. The van der Waals surface area contributed by atoms with Gasteiger partial charge in [-0.2, -0.15) is 0 Å². The van der Waals surface area contributed by atoms with Gasteiger partial charge in [0, 0.05) is 13.1 Å². The number of nitrogens with zero attached hydrogens (tertiary/aromatic N) is 1. The van der Waals surface area contributed by atoms with Crippen LogP contribution >= 0.6 is 0 Å². The van der Waals surface area contributed by atoms with E-state index in [9.17, 15) is 4.79 Å². The largest absolute Gasteiger partial charge is 0.394 e. The quantitative estimate of drug-likeness (QED) is 0.609. The smallest absolute Gasteiger partial charge is 0.317 e. The second-order valence-corrected chi connectivity index (χ2v) is 3.62. The predicted octanol–water partition coefficient (Wildman–Crippen LogP) is -0.0734. The summed E-state index contributed by atoms with van der Waals surface area (Å²) in [4.78, 5) is 13.1. The Labute approximate surface area is 71.5 Å². The van der Waals surface area contributed by atoms with E-state index in [2.05, 4.69) is 5.32 Å². The SMILES string of the molecule is O=C1NCCCN1C1(CO)CC1. The normalized spacial score (nSPS) is 26.8. The van der Waals surface area contributed by atoms with Crippen molar-refractivity contribution >= 4 is 6.03 Å². The molecule has 0 atom stereocenters. The number of rotatable bonds is 2. The van der Waals surface area contributed by atoms with E-state index in [0.29, 0.717) is 0 Å². The number of hydrogen-bond acceptors (Lipinski definition) is 2. The zero-order chi connectivity index (χ0) is 8.60. The maximum Gasteiger partial charge on any atom is 0.317 e. The van der Waals surface area contributed by atoms with E-state index in [-0.39, 0.29) is 18.2 Å². The van der Waals surface area contributed by atoms with Crippen LogP contribution in [0.3, 0.4) is 0 Å². The number of amides is 2. The summed E-state index contributed by atoms with van der Waals surface area (Å²) in [5.74, 6) is 0. The number of carbonyl (C=O) groups excluding carboxylic acids is 1. The third kappa shape index (κ3) is 1.06. The van der Waals surface area contributed by atoms with Crippen molar-refractivity contribution in [3.63, 3.8) is 0 Å². The summed E-state index contributed by atoms with van der Waals surface area (Å²) in [5.41, 5.74) is -0.190. The van der Waals surface area contributed by atoms with Gasteiger partial charge in [0.25, 0.3) is 0 Å². The van der Waals surface area contributed by atoms with Gasteiger partial charge in [-0.1, -0.05) is 0 Å². The first-order valence-electron chi connectivity index (χ1n) is 4.45. The van der Waals surface area contributed by atoms with Crippen LogP contribution in [-0.4, -0.2) is 41.3 Å². The number of carbonyl (C=O) groups is 1. The fraction of sp³-hybridized carbons (Fsp3) is 0.875. The summed E-state index contributed by atoms with van der Waals surface area (Å²) < 4.78 is 0. The maximum atomic E-state index is 11.3. The topological polar surface area (TPSA) is 52.6 Å². The first-order chi connectivity index (χ1) is 5.78. The lowest BCUT2D eigenvalue weighted by atomic mass is 10.2. The molecule has 12 heavy (non-hydrogen) atoms. The van der Waals surface area contributed by atoms with E-state index in [1.54, 1.807) is 4.90 Å². The van der Waals surface area contributed by atoms with E-state index in [1.807, 2.05) is 0 Å². The fourth-order valence-electron chi connectivity index (χ4n) is 1.74. The van der Waals surface area contributed by atoms with Gasteiger partial charge in [-0.15, -0.1) is 0 Å². The highest BCUT2D eigenvalue weighted by Crippen LogP contribution is 2.41. The van der Waals surface area contributed by atoms with E-state index >= 15 is 0 Å². The lowest BCUT2D eigenvalue weighted by molar-refractivity contribution is 0.110. The Kier molecular flexibility index (Phi) is 1.72. The van der Waals surface area contributed by atoms with Crippen molar-refractivity contribution in [2.24, 2.45) is 0 Å². The van der Waals surface area contributed by atoms with Gasteiger partial charge in [0.15, 0.2) is 0 Å². The standard InChI is InChI=1S/C8H14N2O2/c11-6-8(2-3-8)10-5-1-4-9-7(10)12/h11H,1-6H2,(H,9,12). The van der Waals surface area contributed by atoms with Crippen LogP contribution in [0, 0.1) is 0 Å². The zero-order valence-corrected chi connectivity index (χ0v) is 7.05. The molecule has 0 radical (unpaired) electrons. The highest BCUT2D eigenvalue weighted by molar-refractivity contribution is 5.76. The molecule has 0 aromatic heterocycles. The Hall–Kier alpha value is -0.770. The molecular formula is C8H14N2O2. The predicted molar refractivity (Wildman–Crippen MR) is 43.8 cm³/mol. The molecule has 0 spiro atoms. The number of aliphatic hydroxyl groups excluding tert-OH is 1. The molecule has 2 aliphatic rings. The molecule has 1 saturated carbocycles. The molecule has 4 heteroatoms. The van der Waals surface area contributed by atoms with Gasteiger partial charge in [-0.05, 0) is 19.3 Å². The Balaban J connectivity index is 2.06. The van der Waals surface area contributed by atoms with Crippen molar-refractivity contribution in [1.82, 2.24) is 10.2 Å². The summed E-state index contributed by atoms with van der Waals surface area (Å²) in [7, 11) is 0. The Morgan fingerprint density at radius 1 is 1.58 bits per heavy atom. The molecule has 2 fully saturated rings. The average molecular weight is 170 g/mol. The van der Waals surface area contributed by atoms with Crippen LogP contribution in [0.15, 0.2) is 0 Å². The van der Waals surface area contributed by atoms with Crippen LogP contribution < -0.4 is 5.32 Å². The molecule has 1 aliphatic carbocycles. The van der Waals surface area contributed by atoms with Gasteiger partial charge in [0.05, 0.1) is 12.1 Å². The van der Waals surface area contributed by atoms with Crippen molar-refractivity contribution in [3.05, 3.63) is 0 Å². The van der Waals surface area contributed by atoms with Crippen LogP contribution in [0.2, 0.25) is 0 Å². The van der Waals surface area contributed by atoms with Crippen LogP contribution in [0.4, 0.5) is 4.79 Å². The van der Waals surface area contributed by atoms with Crippen LogP contribution in [0.1, 0.15) is 19.3 Å². The van der Waals surface area contributed by atoms with Gasteiger partial charge >= 0.3 is 6.03 Å². The Bertz CT molecular complexity index is 201. The summed E-state index contributed by atoms with van der Waals surface area (Å²) in [6.07, 6.45) is 2.90. The van der Waals surface area contributed by atoms with Crippen molar-refractivity contribution in [2.45, 2.75) is 24.8 Å². The second kappa shape index (κ2) is 2.62. The van der Waals surface area contributed by atoms with Crippen molar-refractivity contribution < 1.29 is 9.90 Å². The van der Waals surface area contributed by atoms with Crippen molar-refractivity contribution in [2.75, 3.05) is 19.7 Å². The molecule has 0 bridgehead atoms. The average Bonchev–Trinajstić information content (AvgIpc) is 2.86. The lowest BCUT2D eigenvalue weighted by Crippen LogP contribution is -2.53. The minimum absolute atomic E-state index is 0.00667. The van der Waals surface area contributed by atoms with E-state index in [4.69, 9.17) is 5.11 Å². The van der Waals surface area contributed by atoms with Crippen LogP contribution in [0.25, 0.3) is 0 Å². The van der Waals surface area contributed by atoms with Crippen LogP contribution in [0.5, 0.6) is 0 Å². The molecule has 1 heterocycles. The van der Waals surface area contributed by atoms with Gasteiger partial charge in [0.2, 0.25) is 0 Å². The van der Waals surface area contributed by atoms with E-state index in [1.165, 1.54) is 0 Å². The first-order valence-corrected chi connectivity index (χ1v) is 4.45. The summed E-state index contributed by atoms with van der Waals surface area (Å²) in [6, 6.07) is -0.00667. The van der Waals surface area contributed by atoms with Crippen molar-refractivity contribution in [3.8, 4) is 0 Å². The number of urea groups is 1. The number of hydrogen-bond donors (Lipinski definition) is 2. The molecule has 0 unspecified atom stereocenters. The van der Waals surface area contributed by atoms with Crippen molar-refractivity contribution in [1.29, 1.82) is 0 Å². The van der Waals surface area contributed by atoms with Gasteiger partial charge < -0.3 is 15.3 Å². The minimum Gasteiger partial charge on any atom is -0.394 e. The second-order valence-electron chi connectivity index (χ2n) is 3.62. The molecule has 2 amide bonds. The number of nitrogens with one attached hydrogen (secondary N) is 1. The Morgan fingerprint density at radius 3 is 2.83 bits per heavy atom.